The molecule has 0 radical (unpaired) electrons. The molecule has 0 unspecified atom stereocenters. The smallest absolute Gasteiger partial charge is 0.191 e. The van der Waals surface area contributed by atoms with Crippen molar-refractivity contribution in [1.82, 2.24) is 15.5 Å². The summed E-state index contributed by atoms with van der Waals surface area (Å²) in [5.41, 5.74) is 1.09. The predicted octanol–water partition coefficient (Wildman–Crippen LogP) is 3.19. The lowest BCUT2D eigenvalue weighted by Crippen LogP contribution is -2.39. The molecule has 25 heavy (non-hydrogen) atoms. The molecular weight excluding hydrogens is 427 g/mol. The first-order chi connectivity index (χ1) is 11.7. The van der Waals surface area contributed by atoms with Crippen LogP contribution in [-0.4, -0.2) is 48.7 Å². The maximum absolute atomic E-state index is 9.32. The molecule has 1 aliphatic heterocycles. The molecule has 0 saturated carbocycles. The Kier molecular flexibility index (Phi) is 10.9. The van der Waals surface area contributed by atoms with E-state index in [2.05, 4.69) is 34.4 Å². The molecule has 3 N–H and O–H groups in total. The number of piperidine rings is 1. The van der Waals surface area contributed by atoms with Crippen molar-refractivity contribution in [3.05, 3.63) is 29.8 Å². The van der Waals surface area contributed by atoms with E-state index in [-0.39, 0.29) is 24.0 Å². The topological polar surface area (TPSA) is 59.9 Å². The zero-order valence-corrected chi connectivity index (χ0v) is 17.8. The first kappa shape index (κ1) is 22.0. The molecule has 6 heteroatoms. The van der Waals surface area contributed by atoms with Gasteiger partial charge in [-0.1, -0.05) is 19.1 Å². The van der Waals surface area contributed by atoms with Crippen LogP contribution < -0.4 is 10.6 Å². The third-order valence-electron chi connectivity index (χ3n) is 4.52. The van der Waals surface area contributed by atoms with Crippen LogP contribution >= 0.6 is 24.0 Å². The number of aromatic hydroxyl groups is 1. The van der Waals surface area contributed by atoms with Gasteiger partial charge >= 0.3 is 0 Å². The fourth-order valence-corrected chi connectivity index (χ4v) is 2.91. The van der Waals surface area contributed by atoms with Crippen molar-refractivity contribution >= 4 is 29.9 Å². The molecule has 1 saturated heterocycles. The SMILES string of the molecule is CCNC(=NCc1ccc(O)cc1)NCCCN1CCC(C)CC1.I. The van der Waals surface area contributed by atoms with Crippen LogP contribution in [0.3, 0.4) is 0 Å². The predicted molar refractivity (Wildman–Crippen MR) is 116 cm³/mol. The number of halogens is 1. The number of phenolic OH excluding ortho intramolecular Hbond substituents is 1. The van der Waals surface area contributed by atoms with Crippen LogP contribution in [0, 0.1) is 5.92 Å². The number of rotatable bonds is 7. The summed E-state index contributed by atoms with van der Waals surface area (Å²) in [5.74, 6) is 2.05. The van der Waals surface area contributed by atoms with E-state index >= 15 is 0 Å². The van der Waals surface area contributed by atoms with E-state index in [1.165, 1.54) is 25.9 Å². The Balaban J connectivity index is 0.00000312. The Morgan fingerprint density at radius 2 is 1.88 bits per heavy atom. The minimum atomic E-state index is 0. The molecule has 0 aliphatic carbocycles. The molecule has 5 nitrogen and oxygen atoms in total. The van der Waals surface area contributed by atoms with Crippen molar-refractivity contribution in [2.75, 3.05) is 32.7 Å². The van der Waals surface area contributed by atoms with Crippen molar-refractivity contribution in [3.8, 4) is 5.75 Å². The standard InChI is InChI=1S/C19H32N4O.HI/c1-3-20-19(22-15-17-5-7-18(24)8-6-17)21-11-4-12-23-13-9-16(2)10-14-23;/h5-8,16,24H,3-4,9-15H2,1-2H3,(H2,20,21,22);1H. The number of benzene rings is 1. The second-order valence-electron chi connectivity index (χ2n) is 6.67. The molecule has 1 fully saturated rings. The number of hydrogen-bond donors (Lipinski definition) is 3. The van der Waals surface area contributed by atoms with Crippen molar-refractivity contribution in [2.45, 2.75) is 39.7 Å². The Bertz CT molecular complexity index is 499. The first-order valence-electron chi connectivity index (χ1n) is 9.20. The summed E-state index contributed by atoms with van der Waals surface area (Å²) in [6.45, 7) is 10.5. The van der Waals surface area contributed by atoms with Gasteiger partial charge in [0.15, 0.2) is 5.96 Å². The van der Waals surface area contributed by atoms with E-state index < -0.39 is 0 Å². The Labute approximate surface area is 169 Å². The monoisotopic (exact) mass is 460 g/mol. The van der Waals surface area contributed by atoms with Gasteiger partial charge in [-0.3, -0.25) is 0 Å². The van der Waals surface area contributed by atoms with E-state index in [0.29, 0.717) is 12.3 Å². The average Bonchev–Trinajstić information content (AvgIpc) is 2.59. The molecule has 1 aromatic carbocycles. The van der Waals surface area contributed by atoms with Crippen molar-refractivity contribution < 1.29 is 5.11 Å². The maximum atomic E-state index is 9.32. The van der Waals surface area contributed by atoms with Crippen molar-refractivity contribution in [1.29, 1.82) is 0 Å². The van der Waals surface area contributed by atoms with Gasteiger partial charge in [-0.05, 0) is 69.4 Å². The number of nitrogens with one attached hydrogen (secondary N) is 2. The third kappa shape index (κ3) is 8.76. The second kappa shape index (κ2) is 12.4. The highest BCUT2D eigenvalue weighted by atomic mass is 127. The molecule has 1 heterocycles. The summed E-state index contributed by atoms with van der Waals surface area (Å²) in [5, 5.41) is 16.0. The van der Waals surface area contributed by atoms with Gasteiger partial charge in [0.1, 0.15) is 5.75 Å². The summed E-state index contributed by atoms with van der Waals surface area (Å²) >= 11 is 0. The summed E-state index contributed by atoms with van der Waals surface area (Å²) in [6, 6.07) is 7.20. The second-order valence-corrected chi connectivity index (χ2v) is 6.67. The first-order valence-corrected chi connectivity index (χ1v) is 9.20. The minimum absolute atomic E-state index is 0. The van der Waals surface area contributed by atoms with Gasteiger partial charge in [0.25, 0.3) is 0 Å². The summed E-state index contributed by atoms with van der Waals surface area (Å²) in [7, 11) is 0. The largest absolute Gasteiger partial charge is 0.508 e. The number of likely N-dealkylation sites (tertiary alicyclic amines) is 1. The highest BCUT2D eigenvalue weighted by molar-refractivity contribution is 14.0. The van der Waals surface area contributed by atoms with E-state index in [4.69, 9.17) is 0 Å². The van der Waals surface area contributed by atoms with Gasteiger partial charge in [0.2, 0.25) is 0 Å². The normalized spacial score (nSPS) is 16.3. The number of guanidine groups is 1. The van der Waals surface area contributed by atoms with Gasteiger partial charge in [-0.2, -0.15) is 0 Å². The lowest BCUT2D eigenvalue weighted by molar-refractivity contribution is 0.191. The van der Waals surface area contributed by atoms with Gasteiger partial charge < -0.3 is 20.6 Å². The van der Waals surface area contributed by atoms with Crippen molar-refractivity contribution in [3.63, 3.8) is 0 Å². The van der Waals surface area contributed by atoms with Crippen LogP contribution in [-0.2, 0) is 6.54 Å². The quantitative estimate of drug-likeness (QED) is 0.253. The van der Waals surface area contributed by atoms with E-state index in [0.717, 1.165) is 43.5 Å². The van der Waals surface area contributed by atoms with Crippen LogP contribution in [0.2, 0.25) is 0 Å². The van der Waals surface area contributed by atoms with Crippen LogP contribution in [0.4, 0.5) is 0 Å². The zero-order chi connectivity index (χ0) is 17.2. The van der Waals surface area contributed by atoms with Gasteiger partial charge in [0.05, 0.1) is 6.54 Å². The number of nitrogens with zero attached hydrogens (tertiary/aromatic N) is 2. The number of phenols is 1. The highest BCUT2D eigenvalue weighted by Gasteiger charge is 2.14. The summed E-state index contributed by atoms with van der Waals surface area (Å²) < 4.78 is 0. The Morgan fingerprint density at radius 1 is 1.20 bits per heavy atom. The van der Waals surface area contributed by atoms with Crippen LogP contribution in [0.25, 0.3) is 0 Å². The van der Waals surface area contributed by atoms with E-state index in [1.807, 2.05) is 12.1 Å². The molecule has 1 aliphatic rings. The molecule has 0 bridgehead atoms. The Hall–Kier alpha value is -1.02. The molecule has 0 atom stereocenters. The number of aliphatic imine (C=N–C) groups is 1. The lowest BCUT2D eigenvalue weighted by Gasteiger charge is -2.30. The zero-order valence-electron chi connectivity index (χ0n) is 15.5. The minimum Gasteiger partial charge on any atom is -0.508 e. The lowest BCUT2D eigenvalue weighted by atomic mass is 9.99. The fraction of sp³-hybridized carbons (Fsp3) is 0.632. The van der Waals surface area contributed by atoms with Crippen LogP contribution in [0.5, 0.6) is 5.75 Å². The van der Waals surface area contributed by atoms with E-state index in [1.54, 1.807) is 12.1 Å². The molecule has 1 aromatic rings. The highest BCUT2D eigenvalue weighted by Crippen LogP contribution is 2.15. The average molecular weight is 460 g/mol. The number of hydrogen-bond acceptors (Lipinski definition) is 3. The third-order valence-corrected chi connectivity index (χ3v) is 4.52. The van der Waals surface area contributed by atoms with E-state index in [9.17, 15) is 5.11 Å². The van der Waals surface area contributed by atoms with Crippen molar-refractivity contribution in [2.24, 2.45) is 10.9 Å². The molecule has 0 spiro atoms. The van der Waals surface area contributed by atoms with Crippen LogP contribution in [0.15, 0.2) is 29.3 Å². The summed E-state index contributed by atoms with van der Waals surface area (Å²) in [6.07, 6.45) is 3.81. The fourth-order valence-electron chi connectivity index (χ4n) is 2.91. The molecule has 0 amide bonds. The van der Waals surface area contributed by atoms with Crippen LogP contribution in [0.1, 0.15) is 38.7 Å². The molecule has 2 rings (SSSR count). The molecule has 142 valence electrons. The van der Waals surface area contributed by atoms with Gasteiger partial charge in [-0.15, -0.1) is 24.0 Å². The Morgan fingerprint density at radius 3 is 2.52 bits per heavy atom. The van der Waals surface area contributed by atoms with Gasteiger partial charge in [-0.25, -0.2) is 4.99 Å². The molecular formula is C19H33IN4O. The summed E-state index contributed by atoms with van der Waals surface area (Å²) in [4.78, 5) is 7.18. The van der Waals surface area contributed by atoms with Gasteiger partial charge in [0, 0.05) is 13.1 Å². The molecule has 0 aromatic heterocycles. The maximum Gasteiger partial charge on any atom is 0.191 e.